The summed E-state index contributed by atoms with van der Waals surface area (Å²) in [7, 11) is 0. The normalized spacial score (nSPS) is 19.9. The number of nitrogens with one attached hydrogen (secondary N) is 1. The van der Waals surface area contributed by atoms with Crippen molar-refractivity contribution in [1.82, 2.24) is 10.2 Å². The molecule has 0 saturated carbocycles. The van der Waals surface area contributed by atoms with E-state index in [2.05, 4.69) is 17.1 Å². The first-order valence-corrected chi connectivity index (χ1v) is 7.04. The van der Waals surface area contributed by atoms with Crippen LogP contribution in [-0.4, -0.2) is 36.5 Å². The van der Waals surface area contributed by atoms with E-state index in [1.54, 1.807) is 0 Å². The molecule has 110 valence electrons. The molecule has 1 aromatic carbocycles. The maximum atomic E-state index is 13.0. The summed E-state index contributed by atoms with van der Waals surface area (Å²) >= 11 is 0. The van der Waals surface area contributed by atoms with Gasteiger partial charge in [-0.1, -0.05) is 6.42 Å². The summed E-state index contributed by atoms with van der Waals surface area (Å²) in [6, 6.07) is 3.38. The second kappa shape index (κ2) is 6.79. The standard InChI is InChI=1S/C15H20F2N2O/c1-11-4-2-3-6-19(11)7-5-18-15(20)12-8-13(16)10-14(17)9-12/h8-11H,2-7H2,1H3,(H,18,20). The molecular weight excluding hydrogens is 262 g/mol. The molecule has 1 amide bonds. The Hall–Kier alpha value is -1.49. The highest BCUT2D eigenvalue weighted by atomic mass is 19.1. The quantitative estimate of drug-likeness (QED) is 0.920. The number of hydrogen-bond donors (Lipinski definition) is 1. The van der Waals surface area contributed by atoms with Gasteiger partial charge in [-0.15, -0.1) is 0 Å². The number of carbonyl (C=O) groups is 1. The van der Waals surface area contributed by atoms with Gasteiger partial charge < -0.3 is 5.32 Å². The molecule has 1 fully saturated rings. The van der Waals surface area contributed by atoms with Crippen LogP contribution in [0.1, 0.15) is 36.5 Å². The van der Waals surface area contributed by atoms with E-state index in [0.717, 1.165) is 31.3 Å². The third-order valence-electron chi connectivity index (χ3n) is 3.75. The average molecular weight is 282 g/mol. The zero-order valence-corrected chi connectivity index (χ0v) is 11.7. The zero-order chi connectivity index (χ0) is 14.5. The molecular formula is C15H20F2N2O. The van der Waals surface area contributed by atoms with Crippen molar-refractivity contribution in [3.63, 3.8) is 0 Å². The molecule has 2 rings (SSSR count). The summed E-state index contributed by atoms with van der Waals surface area (Å²) in [5.41, 5.74) is 0.0224. The Morgan fingerprint density at radius 3 is 2.65 bits per heavy atom. The first-order chi connectivity index (χ1) is 9.56. The Morgan fingerprint density at radius 1 is 1.30 bits per heavy atom. The van der Waals surface area contributed by atoms with E-state index in [4.69, 9.17) is 0 Å². The summed E-state index contributed by atoms with van der Waals surface area (Å²) in [6.07, 6.45) is 3.63. The van der Waals surface area contributed by atoms with Crippen LogP contribution in [0, 0.1) is 11.6 Å². The molecule has 1 heterocycles. The van der Waals surface area contributed by atoms with Gasteiger partial charge in [0.15, 0.2) is 0 Å². The van der Waals surface area contributed by atoms with Gasteiger partial charge >= 0.3 is 0 Å². The monoisotopic (exact) mass is 282 g/mol. The fourth-order valence-corrected chi connectivity index (χ4v) is 2.59. The van der Waals surface area contributed by atoms with Crippen molar-refractivity contribution in [2.45, 2.75) is 32.2 Å². The number of amides is 1. The summed E-state index contributed by atoms with van der Waals surface area (Å²) in [5, 5.41) is 2.71. The van der Waals surface area contributed by atoms with E-state index in [1.165, 1.54) is 19.3 Å². The Bertz CT molecular complexity index is 459. The Labute approximate surface area is 118 Å². The molecule has 5 heteroatoms. The molecule has 1 atom stereocenters. The number of nitrogens with zero attached hydrogens (tertiary/aromatic N) is 1. The van der Waals surface area contributed by atoms with Gasteiger partial charge in [-0.3, -0.25) is 9.69 Å². The molecule has 1 aliphatic rings. The molecule has 0 bridgehead atoms. The van der Waals surface area contributed by atoms with E-state index >= 15 is 0 Å². The van der Waals surface area contributed by atoms with Crippen LogP contribution in [0.25, 0.3) is 0 Å². The van der Waals surface area contributed by atoms with Gasteiger partial charge in [-0.05, 0) is 38.4 Å². The lowest BCUT2D eigenvalue weighted by Crippen LogP contribution is -2.42. The lowest BCUT2D eigenvalue weighted by atomic mass is 10.0. The van der Waals surface area contributed by atoms with Crippen LogP contribution in [0.15, 0.2) is 18.2 Å². The van der Waals surface area contributed by atoms with Gasteiger partial charge in [-0.2, -0.15) is 0 Å². The molecule has 0 spiro atoms. The minimum atomic E-state index is -0.736. The second-order valence-corrected chi connectivity index (χ2v) is 5.29. The number of benzene rings is 1. The van der Waals surface area contributed by atoms with Crippen molar-refractivity contribution >= 4 is 5.91 Å². The number of rotatable bonds is 4. The molecule has 20 heavy (non-hydrogen) atoms. The zero-order valence-electron chi connectivity index (χ0n) is 11.7. The van der Waals surface area contributed by atoms with Gasteiger partial charge in [0.05, 0.1) is 0 Å². The summed E-state index contributed by atoms with van der Waals surface area (Å²) in [6.45, 7) is 4.49. The largest absolute Gasteiger partial charge is 0.351 e. The molecule has 0 aromatic heterocycles. The van der Waals surface area contributed by atoms with E-state index in [-0.39, 0.29) is 5.56 Å². The van der Waals surface area contributed by atoms with Crippen LogP contribution in [0.2, 0.25) is 0 Å². The van der Waals surface area contributed by atoms with Crippen LogP contribution >= 0.6 is 0 Å². The minimum absolute atomic E-state index is 0.0224. The topological polar surface area (TPSA) is 32.3 Å². The van der Waals surface area contributed by atoms with Crippen molar-refractivity contribution in [3.05, 3.63) is 35.4 Å². The molecule has 1 aliphatic heterocycles. The van der Waals surface area contributed by atoms with E-state index in [9.17, 15) is 13.6 Å². The minimum Gasteiger partial charge on any atom is -0.351 e. The maximum Gasteiger partial charge on any atom is 0.251 e. The highest BCUT2D eigenvalue weighted by Crippen LogP contribution is 2.15. The number of piperidine rings is 1. The van der Waals surface area contributed by atoms with Crippen molar-refractivity contribution in [3.8, 4) is 0 Å². The van der Waals surface area contributed by atoms with Gasteiger partial charge in [-0.25, -0.2) is 8.78 Å². The second-order valence-electron chi connectivity index (χ2n) is 5.29. The van der Waals surface area contributed by atoms with E-state index in [0.29, 0.717) is 12.6 Å². The molecule has 0 aliphatic carbocycles. The molecule has 1 N–H and O–H groups in total. The van der Waals surface area contributed by atoms with Crippen molar-refractivity contribution < 1.29 is 13.6 Å². The molecule has 1 unspecified atom stereocenters. The summed E-state index contributed by atoms with van der Waals surface area (Å²) in [5.74, 6) is -1.91. The average Bonchev–Trinajstić information content (AvgIpc) is 2.39. The number of likely N-dealkylation sites (tertiary alicyclic amines) is 1. The summed E-state index contributed by atoms with van der Waals surface area (Å²) in [4.78, 5) is 14.1. The van der Waals surface area contributed by atoms with Crippen LogP contribution in [0.4, 0.5) is 8.78 Å². The Morgan fingerprint density at radius 2 is 2.00 bits per heavy atom. The maximum absolute atomic E-state index is 13.0. The van der Waals surface area contributed by atoms with Crippen LogP contribution < -0.4 is 5.32 Å². The predicted molar refractivity (Wildman–Crippen MR) is 73.6 cm³/mol. The fourth-order valence-electron chi connectivity index (χ4n) is 2.59. The molecule has 0 radical (unpaired) electrons. The highest BCUT2D eigenvalue weighted by molar-refractivity contribution is 5.94. The molecule has 1 aromatic rings. The van der Waals surface area contributed by atoms with Gasteiger partial charge in [0.2, 0.25) is 0 Å². The van der Waals surface area contributed by atoms with Crippen LogP contribution in [0.5, 0.6) is 0 Å². The third-order valence-corrected chi connectivity index (χ3v) is 3.75. The lowest BCUT2D eigenvalue weighted by Gasteiger charge is -2.33. The Kier molecular flexibility index (Phi) is 5.06. The van der Waals surface area contributed by atoms with Crippen molar-refractivity contribution in [1.29, 1.82) is 0 Å². The Balaban J connectivity index is 1.82. The number of carbonyl (C=O) groups excluding carboxylic acids is 1. The third kappa shape index (κ3) is 4.00. The van der Waals surface area contributed by atoms with Crippen LogP contribution in [0.3, 0.4) is 0 Å². The van der Waals surface area contributed by atoms with Gasteiger partial charge in [0.1, 0.15) is 11.6 Å². The smallest absolute Gasteiger partial charge is 0.251 e. The number of halogens is 2. The SMILES string of the molecule is CC1CCCCN1CCNC(=O)c1cc(F)cc(F)c1. The van der Waals surface area contributed by atoms with Gasteiger partial charge in [0.25, 0.3) is 5.91 Å². The van der Waals surface area contributed by atoms with Crippen molar-refractivity contribution in [2.75, 3.05) is 19.6 Å². The van der Waals surface area contributed by atoms with Crippen LogP contribution in [-0.2, 0) is 0 Å². The van der Waals surface area contributed by atoms with Gasteiger partial charge in [0, 0.05) is 30.8 Å². The molecule has 1 saturated heterocycles. The fraction of sp³-hybridized carbons (Fsp3) is 0.533. The molecule has 3 nitrogen and oxygen atoms in total. The lowest BCUT2D eigenvalue weighted by molar-refractivity contribution is 0.0937. The summed E-state index contributed by atoms with van der Waals surface area (Å²) < 4.78 is 26.0. The predicted octanol–water partition coefficient (Wildman–Crippen LogP) is 2.57. The van der Waals surface area contributed by atoms with E-state index in [1.807, 2.05) is 0 Å². The first-order valence-electron chi connectivity index (χ1n) is 7.04. The number of hydrogen-bond acceptors (Lipinski definition) is 2. The first kappa shape index (κ1) is 14.9. The highest BCUT2D eigenvalue weighted by Gasteiger charge is 2.17. The van der Waals surface area contributed by atoms with E-state index < -0.39 is 17.5 Å². The van der Waals surface area contributed by atoms with Crippen molar-refractivity contribution in [2.24, 2.45) is 0 Å².